The standard InChI is InChI=1S/C11H19F3N2O3S/c12-11(13,14)7-15-20(18,19)16-6-2-4-9(16)8-3-1-5-10(8)17/h8-10,15,17H,1-7H2. The van der Waals surface area contributed by atoms with E-state index in [2.05, 4.69) is 0 Å². The fourth-order valence-corrected chi connectivity index (χ4v) is 4.67. The van der Waals surface area contributed by atoms with Crippen LogP contribution in [-0.2, 0) is 10.2 Å². The third-order valence-corrected chi connectivity index (χ3v) is 5.62. The Morgan fingerprint density at radius 1 is 1.20 bits per heavy atom. The summed E-state index contributed by atoms with van der Waals surface area (Å²) in [4.78, 5) is 0. The number of aliphatic hydroxyl groups excluding tert-OH is 1. The number of nitrogens with one attached hydrogen (secondary N) is 1. The van der Waals surface area contributed by atoms with Gasteiger partial charge in [0.25, 0.3) is 10.2 Å². The Morgan fingerprint density at radius 3 is 2.45 bits per heavy atom. The molecule has 0 aromatic heterocycles. The van der Waals surface area contributed by atoms with E-state index in [-0.39, 0.29) is 12.5 Å². The first kappa shape index (κ1) is 16.0. The van der Waals surface area contributed by atoms with Gasteiger partial charge in [0.2, 0.25) is 0 Å². The lowest BCUT2D eigenvalue weighted by atomic mass is 9.95. The minimum absolute atomic E-state index is 0.167. The third-order valence-electron chi connectivity index (χ3n) is 4.04. The van der Waals surface area contributed by atoms with Gasteiger partial charge in [-0.15, -0.1) is 0 Å². The molecule has 0 bridgehead atoms. The van der Waals surface area contributed by atoms with Gasteiger partial charge in [0.1, 0.15) is 6.54 Å². The number of rotatable bonds is 4. The average Bonchev–Trinajstić information content (AvgIpc) is 2.93. The van der Waals surface area contributed by atoms with Gasteiger partial charge in [0.15, 0.2) is 0 Å². The summed E-state index contributed by atoms with van der Waals surface area (Å²) in [6, 6.07) is -0.391. The molecular weight excluding hydrogens is 297 g/mol. The fourth-order valence-electron chi connectivity index (χ4n) is 3.17. The van der Waals surface area contributed by atoms with Crippen LogP contribution in [-0.4, -0.2) is 49.2 Å². The largest absolute Gasteiger partial charge is 0.402 e. The van der Waals surface area contributed by atoms with Crippen LogP contribution in [0.4, 0.5) is 13.2 Å². The van der Waals surface area contributed by atoms with Crippen LogP contribution in [0.2, 0.25) is 0 Å². The summed E-state index contributed by atoms with van der Waals surface area (Å²) in [5, 5.41) is 9.87. The van der Waals surface area contributed by atoms with Crippen LogP contribution < -0.4 is 4.72 Å². The normalized spacial score (nSPS) is 32.9. The predicted octanol–water partition coefficient (Wildman–Crippen LogP) is 1.01. The van der Waals surface area contributed by atoms with Gasteiger partial charge in [-0.25, -0.2) is 0 Å². The second-order valence-corrected chi connectivity index (χ2v) is 7.13. The third kappa shape index (κ3) is 3.63. The van der Waals surface area contributed by atoms with Crippen LogP contribution in [0, 0.1) is 5.92 Å². The van der Waals surface area contributed by atoms with Crippen LogP contribution in [0.1, 0.15) is 32.1 Å². The van der Waals surface area contributed by atoms with E-state index in [9.17, 15) is 26.7 Å². The molecule has 0 aromatic rings. The number of hydrogen-bond acceptors (Lipinski definition) is 3. The Bertz CT molecular complexity index is 441. The Morgan fingerprint density at radius 2 is 1.90 bits per heavy atom. The van der Waals surface area contributed by atoms with Gasteiger partial charge < -0.3 is 5.11 Å². The monoisotopic (exact) mass is 316 g/mol. The van der Waals surface area contributed by atoms with Crippen LogP contribution in [0.3, 0.4) is 0 Å². The second kappa shape index (κ2) is 5.78. The SMILES string of the molecule is O=S(=O)(NCC(F)(F)F)N1CCCC1C1CCCC1O. The highest BCUT2D eigenvalue weighted by molar-refractivity contribution is 7.87. The number of alkyl halides is 3. The number of halogens is 3. The number of hydrogen-bond donors (Lipinski definition) is 2. The Hall–Kier alpha value is -0.380. The maximum Gasteiger partial charge on any atom is 0.402 e. The van der Waals surface area contributed by atoms with E-state index in [1.165, 1.54) is 0 Å². The zero-order valence-corrected chi connectivity index (χ0v) is 11.8. The van der Waals surface area contributed by atoms with Crippen LogP contribution in [0.15, 0.2) is 0 Å². The summed E-state index contributed by atoms with van der Waals surface area (Å²) in [6.07, 6.45) is -1.75. The highest BCUT2D eigenvalue weighted by Gasteiger charge is 2.43. The molecule has 20 heavy (non-hydrogen) atoms. The molecule has 1 saturated heterocycles. The molecule has 1 heterocycles. The van der Waals surface area contributed by atoms with Crippen molar-refractivity contribution in [3.8, 4) is 0 Å². The van der Waals surface area contributed by atoms with Crippen molar-refractivity contribution in [2.75, 3.05) is 13.1 Å². The lowest BCUT2D eigenvalue weighted by Crippen LogP contribution is -2.49. The number of nitrogens with zero attached hydrogens (tertiary/aromatic N) is 1. The molecule has 3 unspecified atom stereocenters. The molecule has 5 nitrogen and oxygen atoms in total. The maximum absolute atomic E-state index is 12.1. The lowest BCUT2D eigenvalue weighted by Gasteiger charge is -2.30. The van der Waals surface area contributed by atoms with Gasteiger partial charge in [-0.2, -0.15) is 30.6 Å². The molecular formula is C11H19F3N2O3S. The molecule has 2 aliphatic rings. The van der Waals surface area contributed by atoms with Crippen molar-refractivity contribution >= 4 is 10.2 Å². The quantitative estimate of drug-likeness (QED) is 0.813. The average molecular weight is 316 g/mol. The van der Waals surface area contributed by atoms with Crippen molar-refractivity contribution in [1.82, 2.24) is 9.03 Å². The molecule has 1 aliphatic carbocycles. The van der Waals surface area contributed by atoms with Crippen LogP contribution in [0.5, 0.6) is 0 Å². The smallest absolute Gasteiger partial charge is 0.393 e. The maximum atomic E-state index is 12.1. The molecule has 0 amide bonds. The van der Waals surface area contributed by atoms with Crippen molar-refractivity contribution in [3.05, 3.63) is 0 Å². The minimum atomic E-state index is -4.57. The first-order valence-corrected chi connectivity index (χ1v) is 8.16. The summed E-state index contributed by atoms with van der Waals surface area (Å²) >= 11 is 0. The van der Waals surface area contributed by atoms with Crippen molar-refractivity contribution in [1.29, 1.82) is 0 Å². The molecule has 2 fully saturated rings. The molecule has 0 aromatic carbocycles. The van der Waals surface area contributed by atoms with Gasteiger partial charge >= 0.3 is 6.18 Å². The highest BCUT2D eigenvalue weighted by Crippen LogP contribution is 2.36. The zero-order valence-electron chi connectivity index (χ0n) is 10.9. The van der Waals surface area contributed by atoms with Gasteiger partial charge in [-0.1, -0.05) is 6.42 Å². The first-order chi connectivity index (χ1) is 9.21. The van der Waals surface area contributed by atoms with Crippen molar-refractivity contribution in [3.63, 3.8) is 0 Å². The van der Waals surface area contributed by atoms with Crippen LogP contribution in [0.25, 0.3) is 0 Å². The summed E-state index contributed by atoms with van der Waals surface area (Å²) in [5.74, 6) is -0.167. The Balaban J connectivity index is 2.06. The van der Waals surface area contributed by atoms with E-state index < -0.39 is 35.1 Å². The summed E-state index contributed by atoms with van der Waals surface area (Å²) in [7, 11) is -4.15. The van der Waals surface area contributed by atoms with E-state index in [0.29, 0.717) is 19.3 Å². The summed E-state index contributed by atoms with van der Waals surface area (Å²) in [6.45, 7) is -1.35. The predicted molar refractivity (Wildman–Crippen MR) is 66.1 cm³/mol. The van der Waals surface area contributed by atoms with E-state index in [4.69, 9.17) is 0 Å². The Kier molecular flexibility index (Phi) is 4.63. The van der Waals surface area contributed by atoms with Gasteiger partial charge in [-0.05, 0) is 25.7 Å². The molecule has 2 rings (SSSR count). The molecule has 0 spiro atoms. The second-order valence-electron chi connectivity index (χ2n) is 5.42. The van der Waals surface area contributed by atoms with Gasteiger partial charge in [-0.3, -0.25) is 0 Å². The molecule has 3 atom stereocenters. The van der Waals surface area contributed by atoms with Crippen molar-refractivity contribution < 1.29 is 26.7 Å². The zero-order chi connectivity index (χ0) is 15.0. The molecule has 1 aliphatic heterocycles. The number of aliphatic hydroxyl groups is 1. The van der Waals surface area contributed by atoms with Gasteiger partial charge in [0, 0.05) is 18.5 Å². The highest BCUT2D eigenvalue weighted by atomic mass is 32.2. The van der Waals surface area contributed by atoms with E-state index >= 15 is 0 Å². The van der Waals surface area contributed by atoms with Gasteiger partial charge in [0.05, 0.1) is 6.10 Å². The summed E-state index contributed by atoms with van der Waals surface area (Å²) in [5.41, 5.74) is 0. The molecule has 2 N–H and O–H groups in total. The Labute approximate surface area is 116 Å². The van der Waals surface area contributed by atoms with E-state index in [0.717, 1.165) is 17.1 Å². The lowest BCUT2D eigenvalue weighted by molar-refractivity contribution is -0.121. The molecule has 118 valence electrons. The van der Waals surface area contributed by atoms with Crippen molar-refractivity contribution in [2.45, 2.75) is 50.4 Å². The molecule has 9 heteroatoms. The molecule has 1 saturated carbocycles. The molecule has 0 radical (unpaired) electrons. The van der Waals surface area contributed by atoms with Crippen LogP contribution >= 0.6 is 0 Å². The summed E-state index contributed by atoms with van der Waals surface area (Å²) < 4.78 is 63.1. The topological polar surface area (TPSA) is 69.6 Å². The fraction of sp³-hybridized carbons (Fsp3) is 1.00. The van der Waals surface area contributed by atoms with E-state index in [1.807, 2.05) is 0 Å². The van der Waals surface area contributed by atoms with Crippen molar-refractivity contribution in [2.24, 2.45) is 5.92 Å². The first-order valence-electron chi connectivity index (χ1n) is 6.72. The van der Waals surface area contributed by atoms with E-state index in [1.54, 1.807) is 4.72 Å². The minimum Gasteiger partial charge on any atom is -0.393 e.